The van der Waals surface area contributed by atoms with E-state index in [1.807, 2.05) is 30.3 Å². The molecule has 5 nitrogen and oxygen atoms in total. The number of fused-ring (bicyclic) bond motifs is 1. The number of phenols is 1. The second kappa shape index (κ2) is 7.68. The molecule has 28 heavy (non-hydrogen) atoms. The molecular weight excluding hydrogens is 354 g/mol. The zero-order valence-electron chi connectivity index (χ0n) is 16.3. The fourth-order valence-corrected chi connectivity index (χ4v) is 4.05. The number of methoxy groups -OCH3 is 1. The van der Waals surface area contributed by atoms with E-state index in [9.17, 15) is 9.90 Å². The molecule has 1 fully saturated rings. The summed E-state index contributed by atoms with van der Waals surface area (Å²) in [5.74, 6) is 1.53. The van der Waals surface area contributed by atoms with Crippen molar-refractivity contribution in [2.24, 2.45) is 5.92 Å². The number of benzene rings is 2. The van der Waals surface area contributed by atoms with Crippen LogP contribution in [0.5, 0.6) is 11.5 Å². The standard InChI is InChI=1S/C23H25NO4/c1-15-7-6-10-24(13-15)14-17-18(25)11-21(27-2)22-19(26)12-20(28-23(17)22)16-8-4-3-5-9-16/h3-5,8-9,11-12,15,25H,6-7,10,13-14H2,1-2H3/t15-/m0/s1. The van der Waals surface area contributed by atoms with Crippen LogP contribution in [0.1, 0.15) is 25.3 Å². The first kappa shape index (κ1) is 18.6. The van der Waals surface area contributed by atoms with Crippen LogP contribution in [0.25, 0.3) is 22.3 Å². The Kier molecular flexibility index (Phi) is 5.09. The van der Waals surface area contributed by atoms with Crippen molar-refractivity contribution in [3.05, 3.63) is 58.3 Å². The first-order valence-electron chi connectivity index (χ1n) is 9.71. The van der Waals surface area contributed by atoms with Crippen molar-refractivity contribution in [2.75, 3.05) is 20.2 Å². The number of rotatable bonds is 4. The van der Waals surface area contributed by atoms with E-state index in [2.05, 4.69) is 11.8 Å². The van der Waals surface area contributed by atoms with Crippen LogP contribution in [0.15, 0.2) is 51.7 Å². The summed E-state index contributed by atoms with van der Waals surface area (Å²) in [4.78, 5) is 15.2. The molecule has 4 rings (SSSR count). The van der Waals surface area contributed by atoms with Crippen molar-refractivity contribution in [1.82, 2.24) is 4.90 Å². The molecule has 1 aliphatic rings. The second-order valence-corrected chi connectivity index (χ2v) is 7.60. The number of nitrogens with zero attached hydrogens (tertiary/aromatic N) is 1. The van der Waals surface area contributed by atoms with Gasteiger partial charge < -0.3 is 14.3 Å². The van der Waals surface area contributed by atoms with Gasteiger partial charge in [0.05, 0.1) is 12.7 Å². The summed E-state index contributed by atoms with van der Waals surface area (Å²) in [5, 5.41) is 11.1. The number of piperidine rings is 1. The van der Waals surface area contributed by atoms with Gasteiger partial charge in [0.25, 0.3) is 0 Å². The maximum absolute atomic E-state index is 12.9. The van der Waals surface area contributed by atoms with E-state index in [-0.39, 0.29) is 11.2 Å². The van der Waals surface area contributed by atoms with Crippen LogP contribution >= 0.6 is 0 Å². The van der Waals surface area contributed by atoms with Gasteiger partial charge in [0.2, 0.25) is 0 Å². The maximum atomic E-state index is 12.9. The van der Waals surface area contributed by atoms with Crippen LogP contribution in [-0.2, 0) is 6.54 Å². The molecule has 1 aromatic heterocycles. The van der Waals surface area contributed by atoms with Gasteiger partial charge >= 0.3 is 0 Å². The molecule has 1 atom stereocenters. The van der Waals surface area contributed by atoms with Gasteiger partial charge in [-0.25, -0.2) is 0 Å². The molecule has 1 N–H and O–H groups in total. The Balaban J connectivity index is 1.89. The lowest BCUT2D eigenvalue weighted by Gasteiger charge is -2.31. The Hall–Kier alpha value is -2.79. The predicted octanol–water partition coefficient (Wildman–Crippen LogP) is 4.41. The van der Waals surface area contributed by atoms with Crippen LogP contribution in [0.2, 0.25) is 0 Å². The van der Waals surface area contributed by atoms with Crippen molar-refractivity contribution in [2.45, 2.75) is 26.3 Å². The summed E-state index contributed by atoms with van der Waals surface area (Å²) in [6.45, 7) is 4.72. The smallest absolute Gasteiger partial charge is 0.197 e. The molecule has 0 amide bonds. The molecule has 2 heterocycles. The van der Waals surface area contributed by atoms with Crippen LogP contribution < -0.4 is 10.2 Å². The second-order valence-electron chi connectivity index (χ2n) is 7.60. The lowest BCUT2D eigenvalue weighted by Crippen LogP contribution is -2.33. The molecule has 0 radical (unpaired) electrons. The van der Waals surface area contributed by atoms with E-state index in [1.54, 1.807) is 0 Å². The third-order valence-electron chi connectivity index (χ3n) is 5.45. The van der Waals surface area contributed by atoms with Crippen molar-refractivity contribution in [1.29, 1.82) is 0 Å². The number of phenolic OH excluding ortho intramolecular Hbond substituents is 1. The molecule has 0 saturated carbocycles. The van der Waals surface area contributed by atoms with E-state index < -0.39 is 0 Å². The average Bonchev–Trinajstić information content (AvgIpc) is 2.70. The van der Waals surface area contributed by atoms with Crippen molar-refractivity contribution < 1.29 is 14.3 Å². The Labute approximate surface area is 164 Å². The zero-order chi connectivity index (χ0) is 19.7. The normalized spacial score (nSPS) is 17.7. The number of hydrogen-bond acceptors (Lipinski definition) is 5. The van der Waals surface area contributed by atoms with Gasteiger partial charge in [-0.2, -0.15) is 0 Å². The fourth-order valence-electron chi connectivity index (χ4n) is 4.05. The van der Waals surface area contributed by atoms with E-state index in [1.165, 1.54) is 25.7 Å². The van der Waals surface area contributed by atoms with Gasteiger partial charge in [-0.3, -0.25) is 9.69 Å². The molecule has 1 saturated heterocycles. The summed E-state index contributed by atoms with van der Waals surface area (Å²) in [6, 6.07) is 12.5. The highest BCUT2D eigenvalue weighted by molar-refractivity contribution is 5.89. The highest BCUT2D eigenvalue weighted by Crippen LogP contribution is 2.36. The van der Waals surface area contributed by atoms with E-state index in [0.29, 0.717) is 40.5 Å². The highest BCUT2D eigenvalue weighted by Gasteiger charge is 2.23. The number of aromatic hydroxyl groups is 1. The maximum Gasteiger partial charge on any atom is 0.197 e. The third-order valence-corrected chi connectivity index (χ3v) is 5.45. The topological polar surface area (TPSA) is 62.9 Å². The number of ether oxygens (including phenoxy) is 1. The molecule has 0 spiro atoms. The van der Waals surface area contributed by atoms with E-state index >= 15 is 0 Å². The van der Waals surface area contributed by atoms with Gasteiger partial charge in [0.15, 0.2) is 11.0 Å². The van der Waals surface area contributed by atoms with Crippen LogP contribution in [0.4, 0.5) is 0 Å². The van der Waals surface area contributed by atoms with Gasteiger partial charge in [-0.1, -0.05) is 37.3 Å². The summed E-state index contributed by atoms with van der Waals surface area (Å²) in [7, 11) is 1.49. The van der Waals surface area contributed by atoms with Crippen LogP contribution in [0.3, 0.4) is 0 Å². The molecule has 2 aromatic carbocycles. The lowest BCUT2D eigenvalue weighted by molar-refractivity contribution is 0.175. The first-order valence-corrected chi connectivity index (χ1v) is 9.71. The molecule has 0 bridgehead atoms. The van der Waals surface area contributed by atoms with Gasteiger partial charge in [-0.15, -0.1) is 0 Å². The van der Waals surface area contributed by atoms with Gasteiger partial charge in [-0.05, 0) is 25.3 Å². The zero-order valence-corrected chi connectivity index (χ0v) is 16.3. The highest BCUT2D eigenvalue weighted by atomic mass is 16.5. The molecule has 146 valence electrons. The summed E-state index contributed by atoms with van der Waals surface area (Å²) in [6.07, 6.45) is 2.36. The van der Waals surface area contributed by atoms with Crippen molar-refractivity contribution >= 4 is 11.0 Å². The quantitative estimate of drug-likeness (QED) is 0.728. The predicted molar refractivity (Wildman–Crippen MR) is 110 cm³/mol. The molecule has 0 aliphatic carbocycles. The van der Waals surface area contributed by atoms with Crippen LogP contribution in [0, 0.1) is 5.92 Å². The Morgan fingerprint density at radius 1 is 1.25 bits per heavy atom. The Morgan fingerprint density at radius 2 is 2.04 bits per heavy atom. The minimum atomic E-state index is -0.176. The molecule has 5 heteroatoms. The summed E-state index contributed by atoms with van der Waals surface area (Å²) in [5.41, 5.74) is 1.69. The minimum absolute atomic E-state index is 0.0935. The monoisotopic (exact) mass is 379 g/mol. The Bertz CT molecular complexity index is 1040. The molecule has 0 unspecified atom stereocenters. The van der Waals surface area contributed by atoms with Gasteiger partial charge in [0, 0.05) is 30.8 Å². The summed E-state index contributed by atoms with van der Waals surface area (Å²) < 4.78 is 11.5. The molecular formula is C23H25NO4. The van der Waals surface area contributed by atoms with Gasteiger partial charge in [0.1, 0.15) is 22.6 Å². The SMILES string of the molecule is COc1cc(O)c(CN2CCC[C@H](C)C2)c2oc(-c3ccccc3)cc(=O)c12. The average molecular weight is 379 g/mol. The summed E-state index contributed by atoms with van der Waals surface area (Å²) >= 11 is 0. The number of likely N-dealkylation sites (tertiary alicyclic amines) is 1. The van der Waals surface area contributed by atoms with Crippen LogP contribution in [-0.4, -0.2) is 30.2 Å². The van der Waals surface area contributed by atoms with Crippen molar-refractivity contribution in [3.8, 4) is 22.8 Å². The molecule has 1 aliphatic heterocycles. The first-order chi connectivity index (χ1) is 13.6. The largest absolute Gasteiger partial charge is 0.507 e. The van der Waals surface area contributed by atoms with E-state index in [4.69, 9.17) is 9.15 Å². The Morgan fingerprint density at radius 3 is 2.75 bits per heavy atom. The minimum Gasteiger partial charge on any atom is -0.507 e. The van der Waals surface area contributed by atoms with Crippen molar-refractivity contribution in [3.63, 3.8) is 0 Å². The fraction of sp³-hybridized carbons (Fsp3) is 0.348. The number of hydrogen-bond donors (Lipinski definition) is 1. The third kappa shape index (κ3) is 3.50. The molecule has 3 aromatic rings. The van der Waals surface area contributed by atoms with E-state index in [0.717, 1.165) is 25.1 Å². The lowest BCUT2D eigenvalue weighted by atomic mass is 9.99.